The molecule has 0 radical (unpaired) electrons. The maximum atomic E-state index is 13.6. The summed E-state index contributed by atoms with van der Waals surface area (Å²) >= 11 is 3.05. The topological polar surface area (TPSA) is 68.3 Å². The second kappa shape index (κ2) is 6.40. The lowest BCUT2D eigenvalue weighted by Gasteiger charge is -2.09. The fourth-order valence-corrected chi connectivity index (χ4v) is 2.88. The van der Waals surface area contributed by atoms with Crippen molar-refractivity contribution in [3.8, 4) is 5.75 Å². The largest absolute Gasteiger partial charge is 0.494 e. The molecule has 1 N–H and O–H groups in total. The Bertz CT molecular complexity index is 736. The van der Waals surface area contributed by atoms with Crippen LogP contribution in [0.3, 0.4) is 0 Å². The Balaban J connectivity index is 2.25. The zero-order valence-corrected chi connectivity index (χ0v) is 13.4. The van der Waals surface area contributed by atoms with Crippen LogP contribution in [0.5, 0.6) is 5.75 Å². The number of benzene rings is 1. The molecule has 0 aliphatic rings. The molecule has 8 heteroatoms. The summed E-state index contributed by atoms with van der Waals surface area (Å²) in [7, 11) is -3.90. The number of sulfonamides is 1. The number of nitrogens with one attached hydrogen (secondary N) is 1. The summed E-state index contributed by atoms with van der Waals surface area (Å²) in [5, 5.41) is 0. The highest BCUT2D eigenvalue weighted by Gasteiger charge is 2.17. The smallest absolute Gasteiger partial charge is 0.263 e. The van der Waals surface area contributed by atoms with Crippen LogP contribution in [-0.2, 0) is 10.0 Å². The first kappa shape index (κ1) is 15.7. The Labute approximate surface area is 130 Å². The highest BCUT2D eigenvalue weighted by atomic mass is 79.9. The van der Waals surface area contributed by atoms with Gasteiger partial charge in [0.1, 0.15) is 5.75 Å². The molecule has 1 aromatic carbocycles. The molecule has 2 aromatic rings. The number of hydrogen-bond donors (Lipinski definition) is 1. The highest BCUT2D eigenvalue weighted by Crippen LogP contribution is 2.21. The summed E-state index contributed by atoms with van der Waals surface area (Å²) in [4.78, 5) is 3.69. The van der Waals surface area contributed by atoms with Gasteiger partial charge in [0, 0.05) is 10.7 Å². The van der Waals surface area contributed by atoms with E-state index in [1.807, 2.05) is 6.92 Å². The molecule has 0 bridgehead atoms. The maximum Gasteiger partial charge on any atom is 0.263 e. The van der Waals surface area contributed by atoms with Crippen LogP contribution in [0.2, 0.25) is 0 Å². The molecule has 0 atom stereocenters. The highest BCUT2D eigenvalue weighted by molar-refractivity contribution is 9.10. The molecule has 0 spiro atoms. The first-order valence-corrected chi connectivity index (χ1v) is 8.26. The van der Waals surface area contributed by atoms with Crippen LogP contribution in [0, 0.1) is 5.82 Å². The monoisotopic (exact) mass is 374 g/mol. The molecule has 1 heterocycles. The zero-order chi connectivity index (χ0) is 15.5. The predicted molar refractivity (Wildman–Crippen MR) is 80.3 cm³/mol. The van der Waals surface area contributed by atoms with E-state index in [0.29, 0.717) is 16.8 Å². The zero-order valence-electron chi connectivity index (χ0n) is 11.0. The third-order valence-electron chi connectivity index (χ3n) is 2.48. The third-order valence-corrected chi connectivity index (χ3v) is 4.27. The first-order chi connectivity index (χ1) is 9.92. The molecule has 5 nitrogen and oxygen atoms in total. The van der Waals surface area contributed by atoms with Crippen molar-refractivity contribution < 1.29 is 17.5 Å². The van der Waals surface area contributed by atoms with Gasteiger partial charge in [0.2, 0.25) is 0 Å². The van der Waals surface area contributed by atoms with E-state index in [1.165, 1.54) is 30.5 Å². The summed E-state index contributed by atoms with van der Waals surface area (Å²) in [5.74, 6) is -0.560. The van der Waals surface area contributed by atoms with E-state index in [2.05, 4.69) is 25.6 Å². The molecule has 0 saturated heterocycles. The van der Waals surface area contributed by atoms with E-state index in [-0.39, 0.29) is 10.7 Å². The third kappa shape index (κ3) is 3.92. The van der Waals surface area contributed by atoms with Gasteiger partial charge < -0.3 is 4.74 Å². The quantitative estimate of drug-likeness (QED) is 0.872. The van der Waals surface area contributed by atoms with E-state index < -0.39 is 15.8 Å². The van der Waals surface area contributed by atoms with Crippen molar-refractivity contribution in [1.82, 2.24) is 4.98 Å². The normalized spacial score (nSPS) is 11.2. The molecular formula is C13H12BrFN2O3S. The second-order valence-electron chi connectivity index (χ2n) is 3.99. The molecular weight excluding hydrogens is 363 g/mol. The minimum Gasteiger partial charge on any atom is -0.494 e. The van der Waals surface area contributed by atoms with Gasteiger partial charge in [-0.15, -0.1) is 0 Å². The van der Waals surface area contributed by atoms with Crippen molar-refractivity contribution >= 4 is 31.8 Å². The summed E-state index contributed by atoms with van der Waals surface area (Å²) in [6.45, 7) is 2.31. The van der Waals surface area contributed by atoms with Gasteiger partial charge in [-0.05, 0) is 53.2 Å². The van der Waals surface area contributed by atoms with Crippen molar-refractivity contribution in [1.29, 1.82) is 0 Å². The van der Waals surface area contributed by atoms with Crippen molar-refractivity contribution in [2.45, 2.75) is 11.8 Å². The number of hydrogen-bond acceptors (Lipinski definition) is 4. The summed E-state index contributed by atoms with van der Waals surface area (Å²) in [6.07, 6.45) is 1.30. The number of aromatic nitrogens is 1. The maximum absolute atomic E-state index is 13.6. The fraction of sp³-hybridized carbons (Fsp3) is 0.154. The number of nitrogens with zero attached hydrogens (tertiary/aromatic N) is 1. The van der Waals surface area contributed by atoms with Gasteiger partial charge in [-0.2, -0.15) is 0 Å². The van der Waals surface area contributed by atoms with Gasteiger partial charge in [0.25, 0.3) is 10.0 Å². The van der Waals surface area contributed by atoms with Crippen molar-refractivity contribution in [3.05, 3.63) is 46.8 Å². The number of halogens is 2. The lowest BCUT2D eigenvalue weighted by atomic mass is 10.3. The number of rotatable bonds is 5. The number of anilines is 1. The summed E-state index contributed by atoms with van der Waals surface area (Å²) < 4.78 is 45.7. The van der Waals surface area contributed by atoms with Crippen LogP contribution >= 0.6 is 15.9 Å². The SMILES string of the molecule is CCOc1ccc(S(=O)(=O)Nc2ncc(Br)cc2F)cc1. The Kier molecular flexibility index (Phi) is 4.79. The van der Waals surface area contributed by atoms with E-state index in [1.54, 1.807) is 0 Å². The van der Waals surface area contributed by atoms with Gasteiger partial charge in [0.15, 0.2) is 11.6 Å². The molecule has 112 valence electrons. The summed E-state index contributed by atoms with van der Waals surface area (Å²) in [5.41, 5.74) is 0. The molecule has 21 heavy (non-hydrogen) atoms. The lowest BCUT2D eigenvalue weighted by molar-refractivity contribution is 0.340. The Morgan fingerprint density at radius 3 is 2.57 bits per heavy atom. The number of ether oxygens (including phenoxy) is 1. The Morgan fingerprint density at radius 2 is 2.00 bits per heavy atom. The van der Waals surface area contributed by atoms with E-state index in [9.17, 15) is 12.8 Å². The molecule has 2 rings (SSSR count). The molecule has 0 unspecified atom stereocenters. The minimum absolute atomic E-state index is 0.00456. The van der Waals surface area contributed by atoms with Gasteiger partial charge >= 0.3 is 0 Å². The van der Waals surface area contributed by atoms with Crippen LogP contribution in [0.25, 0.3) is 0 Å². The minimum atomic E-state index is -3.90. The second-order valence-corrected chi connectivity index (χ2v) is 6.59. The Hall–Kier alpha value is -1.67. The number of pyridine rings is 1. The van der Waals surface area contributed by atoms with Crippen molar-refractivity contribution in [3.63, 3.8) is 0 Å². The van der Waals surface area contributed by atoms with Crippen LogP contribution in [-0.4, -0.2) is 20.0 Å². The van der Waals surface area contributed by atoms with Crippen LogP contribution in [0.1, 0.15) is 6.92 Å². The van der Waals surface area contributed by atoms with Gasteiger partial charge in [-0.3, -0.25) is 4.72 Å². The molecule has 1 aromatic heterocycles. The molecule has 0 aliphatic carbocycles. The van der Waals surface area contributed by atoms with Gasteiger partial charge in [0.05, 0.1) is 11.5 Å². The van der Waals surface area contributed by atoms with Crippen LogP contribution in [0.4, 0.5) is 10.2 Å². The molecule has 0 amide bonds. The van der Waals surface area contributed by atoms with Crippen molar-refractivity contribution in [2.75, 3.05) is 11.3 Å². The van der Waals surface area contributed by atoms with E-state index in [0.717, 1.165) is 6.07 Å². The van der Waals surface area contributed by atoms with Gasteiger partial charge in [-0.25, -0.2) is 17.8 Å². The summed E-state index contributed by atoms with van der Waals surface area (Å²) in [6, 6.07) is 6.95. The van der Waals surface area contributed by atoms with Crippen molar-refractivity contribution in [2.24, 2.45) is 0 Å². The molecule has 0 saturated carbocycles. The average molecular weight is 375 g/mol. The first-order valence-electron chi connectivity index (χ1n) is 5.99. The average Bonchev–Trinajstić information content (AvgIpc) is 2.43. The fourth-order valence-electron chi connectivity index (χ4n) is 1.56. The Morgan fingerprint density at radius 1 is 1.33 bits per heavy atom. The van der Waals surface area contributed by atoms with E-state index in [4.69, 9.17) is 4.74 Å². The van der Waals surface area contributed by atoms with Crippen LogP contribution in [0.15, 0.2) is 45.9 Å². The predicted octanol–water partition coefficient (Wildman–Crippen LogP) is 3.18. The van der Waals surface area contributed by atoms with Gasteiger partial charge in [-0.1, -0.05) is 0 Å². The molecule has 0 fully saturated rings. The van der Waals surface area contributed by atoms with E-state index >= 15 is 0 Å². The molecule has 0 aliphatic heterocycles. The lowest BCUT2D eigenvalue weighted by Crippen LogP contribution is -2.15. The standard InChI is InChI=1S/C13H12BrFN2O3S/c1-2-20-10-3-5-11(6-4-10)21(18,19)17-13-12(15)7-9(14)8-16-13/h3-8H,2H2,1H3,(H,16,17). The van der Waals surface area contributed by atoms with Crippen LogP contribution < -0.4 is 9.46 Å².